The van der Waals surface area contributed by atoms with Gasteiger partial charge in [-0.3, -0.25) is 0 Å². The summed E-state index contributed by atoms with van der Waals surface area (Å²) in [6.45, 7) is 7.52. The predicted octanol–water partition coefficient (Wildman–Crippen LogP) is 2.52. The summed E-state index contributed by atoms with van der Waals surface area (Å²) in [6.07, 6.45) is 9.73. The number of unbranched alkanes of at least 4 members (excludes halogenated alkanes) is 2. The number of hydrazine groups is 1. The Morgan fingerprint density at radius 2 is 2.12 bits per heavy atom. The number of hydrogen-bond donors (Lipinski definition) is 3. The Morgan fingerprint density at radius 3 is 2.94 bits per heavy atom. The summed E-state index contributed by atoms with van der Waals surface area (Å²) in [7, 11) is 0. The zero-order valence-electron chi connectivity index (χ0n) is 11.1. The highest BCUT2D eigenvalue weighted by Crippen LogP contribution is 2.36. The van der Waals surface area contributed by atoms with E-state index < -0.39 is 0 Å². The van der Waals surface area contributed by atoms with Gasteiger partial charge < -0.3 is 10.7 Å². The molecule has 2 rings (SSSR count). The summed E-state index contributed by atoms with van der Waals surface area (Å²) in [4.78, 5) is 0. The van der Waals surface area contributed by atoms with Crippen molar-refractivity contribution in [3.63, 3.8) is 0 Å². The number of nitrogens with one attached hydrogen (secondary N) is 3. The molecule has 98 valence electrons. The van der Waals surface area contributed by atoms with Crippen LogP contribution in [0, 0.1) is 11.8 Å². The molecule has 1 aliphatic carbocycles. The van der Waals surface area contributed by atoms with Gasteiger partial charge in [0.25, 0.3) is 0 Å². The minimum absolute atomic E-state index is 0.433. The van der Waals surface area contributed by atoms with Crippen molar-refractivity contribution in [3.8, 4) is 0 Å². The van der Waals surface area contributed by atoms with E-state index in [1.54, 1.807) is 0 Å². The fourth-order valence-corrected chi connectivity index (χ4v) is 3.20. The second-order valence-electron chi connectivity index (χ2n) is 5.49. The zero-order valence-corrected chi connectivity index (χ0v) is 11.1. The molecule has 1 heterocycles. The molecule has 3 atom stereocenters. The van der Waals surface area contributed by atoms with Gasteiger partial charge in [0, 0.05) is 11.6 Å². The molecular formula is C14H27N3. The molecule has 2 fully saturated rings. The van der Waals surface area contributed by atoms with Gasteiger partial charge in [-0.15, -0.1) is 0 Å². The lowest BCUT2D eigenvalue weighted by molar-refractivity contribution is 0.129. The molecule has 0 aromatic heterocycles. The van der Waals surface area contributed by atoms with Gasteiger partial charge in [-0.1, -0.05) is 39.2 Å². The van der Waals surface area contributed by atoms with Crippen LogP contribution in [0.5, 0.6) is 0 Å². The number of allylic oxidation sites excluding steroid dienone is 1. The lowest BCUT2D eigenvalue weighted by Gasteiger charge is -2.44. The van der Waals surface area contributed by atoms with Crippen LogP contribution in [0.25, 0.3) is 0 Å². The Bertz CT molecular complexity index is 252. The Labute approximate surface area is 105 Å². The first-order valence-corrected chi connectivity index (χ1v) is 7.26. The lowest BCUT2D eigenvalue weighted by Crippen LogP contribution is -2.60. The summed E-state index contributed by atoms with van der Waals surface area (Å²) in [5, 5.41) is 3.66. The molecule has 17 heavy (non-hydrogen) atoms. The van der Waals surface area contributed by atoms with Crippen LogP contribution in [-0.4, -0.2) is 12.7 Å². The molecule has 3 nitrogen and oxygen atoms in total. The second-order valence-corrected chi connectivity index (χ2v) is 5.49. The molecule has 3 N–H and O–H groups in total. The number of rotatable bonds is 5. The Kier molecular flexibility index (Phi) is 4.86. The maximum atomic E-state index is 4.14. The van der Waals surface area contributed by atoms with E-state index in [1.165, 1.54) is 50.6 Å². The van der Waals surface area contributed by atoms with Crippen molar-refractivity contribution in [2.45, 2.75) is 58.0 Å². The average Bonchev–Trinajstić information content (AvgIpc) is 2.37. The fourth-order valence-electron chi connectivity index (χ4n) is 3.20. The molecule has 2 aliphatic rings. The van der Waals surface area contributed by atoms with E-state index in [2.05, 4.69) is 29.7 Å². The molecule has 1 saturated heterocycles. The van der Waals surface area contributed by atoms with Crippen molar-refractivity contribution in [1.82, 2.24) is 16.2 Å². The fraction of sp³-hybridized carbons (Fsp3) is 0.857. The quantitative estimate of drug-likeness (QED) is 0.643. The SMILES string of the molecule is C=C1NNC(NCCCCC)C2CCCCC12. The molecule has 3 unspecified atom stereocenters. The maximum Gasteiger partial charge on any atom is 0.0784 e. The summed E-state index contributed by atoms with van der Waals surface area (Å²) in [5.74, 6) is 1.41. The van der Waals surface area contributed by atoms with Crippen LogP contribution in [0.1, 0.15) is 51.9 Å². The van der Waals surface area contributed by atoms with Gasteiger partial charge in [0.1, 0.15) is 0 Å². The molecular weight excluding hydrogens is 210 g/mol. The largest absolute Gasteiger partial charge is 0.324 e. The molecule has 1 aliphatic heterocycles. The molecule has 0 aromatic carbocycles. The Hall–Kier alpha value is -0.540. The third kappa shape index (κ3) is 3.23. The first kappa shape index (κ1) is 12.9. The van der Waals surface area contributed by atoms with Crippen LogP contribution in [0.15, 0.2) is 12.3 Å². The highest BCUT2D eigenvalue weighted by molar-refractivity contribution is 5.06. The summed E-state index contributed by atoms with van der Waals surface area (Å²) in [5.41, 5.74) is 7.85. The van der Waals surface area contributed by atoms with Crippen LogP contribution in [0.2, 0.25) is 0 Å². The molecule has 1 saturated carbocycles. The van der Waals surface area contributed by atoms with E-state index in [9.17, 15) is 0 Å². The topological polar surface area (TPSA) is 36.1 Å². The van der Waals surface area contributed by atoms with E-state index in [4.69, 9.17) is 0 Å². The average molecular weight is 237 g/mol. The van der Waals surface area contributed by atoms with Crippen LogP contribution >= 0.6 is 0 Å². The van der Waals surface area contributed by atoms with Crippen LogP contribution in [0.4, 0.5) is 0 Å². The molecule has 0 bridgehead atoms. The van der Waals surface area contributed by atoms with Crippen molar-refractivity contribution >= 4 is 0 Å². The third-order valence-electron chi connectivity index (χ3n) is 4.23. The second kappa shape index (κ2) is 6.41. The lowest BCUT2D eigenvalue weighted by atomic mass is 9.75. The van der Waals surface area contributed by atoms with E-state index >= 15 is 0 Å². The summed E-state index contributed by atoms with van der Waals surface area (Å²) in [6, 6.07) is 0. The van der Waals surface area contributed by atoms with E-state index in [1.807, 2.05) is 0 Å². The maximum absolute atomic E-state index is 4.14. The minimum Gasteiger partial charge on any atom is -0.324 e. The summed E-state index contributed by atoms with van der Waals surface area (Å²) >= 11 is 0. The van der Waals surface area contributed by atoms with Gasteiger partial charge in [0.05, 0.1) is 6.17 Å². The molecule has 0 aromatic rings. The number of hydrogen-bond acceptors (Lipinski definition) is 3. The normalized spacial score (nSPS) is 33.0. The van der Waals surface area contributed by atoms with Crippen LogP contribution in [-0.2, 0) is 0 Å². The van der Waals surface area contributed by atoms with Crippen molar-refractivity contribution in [3.05, 3.63) is 12.3 Å². The van der Waals surface area contributed by atoms with Crippen molar-refractivity contribution < 1.29 is 0 Å². The van der Waals surface area contributed by atoms with Gasteiger partial charge >= 0.3 is 0 Å². The van der Waals surface area contributed by atoms with Crippen LogP contribution < -0.4 is 16.2 Å². The van der Waals surface area contributed by atoms with Crippen molar-refractivity contribution in [1.29, 1.82) is 0 Å². The predicted molar refractivity (Wildman–Crippen MR) is 72.2 cm³/mol. The van der Waals surface area contributed by atoms with Crippen LogP contribution in [0.3, 0.4) is 0 Å². The molecule has 0 spiro atoms. The monoisotopic (exact) mass is 237 g/mol. The number of fused-ring (bicyclic) bond motifs is 1. The van der Waals surface area contributed by atoms with Gasteiger partial charge in [0.15, 0.2) is 0 Å². The standard InChI is InChI=1S/C14H27N3/c1-3-4-7-10-15-14-13-9-6-5-8-12(13)11(2)16-17-14/h12-17H,2-10H2,1H3. The van der Waals surface area contributed by atoms with Gasteiger partial charge in [-0.25, -0.2) is 5.43 Å². The summed E-state index contributed by atoms with van der Waals surface area (Å²) < 4.78 is 0. The molecule has 0 radical (unpaired) electrons. The highest BCUT2D eigenvalue weighted by atomic mass is 15.4. The van der Waals surface area contributed by atoms with Gasteiger partial charge in [-0.05, 0) is 31.7 Å². The molecule has 3 heteroatoms. The van der Waals surface area contributed by atoms with Crippen molar-refractivity contribution in [2.24, 2.45) is 11.8 Å². The molecule has 0 amide bonds. The first-order chi connectivity index (χ1) is 8.33. The third-order valence-corrected chi connectivity index (χ3v) is 4.23. The smallest absolute Gasteiger partial charge is 0.0784 e. The minimum atomic E-state index is 0.433. The van der Waals surface area contributed by atoms with E-state index in [0.29, 0.717) is 12.1 Å². The first-order valence-electron chi connectivity index (χ1n) is 7.26. The van der Waals surface area contributed by atoms with Gasteiger partial charge in [0.2, 0.25) is 0 Å². The van der Waals surface area contributed by atoms with Gasteiger partial charge in [-0.2, -0.15) is 0 Å². The highest BCUT2D eigenvalue weighted by Gasteiger charge is 2.36. The van der Waals surface area contributed by atoms with E-state index in [-0.39, 0.29) is 0 Å². The zero-order chi connectivity index (χ0) is 12.1. The van der Waals surface area contributed by atoms with E-state index in [0.717, 1.165) is 12.5 Å². The van der Waals surface area contributed by atoms with Crippen molar-refractivity contribution in [2.75, 3.05) is 6.54 Å². The Balaban J connectivity index is 1.82. The Morgan fingerprint density at radius 1 is 1.29 bits per heavy atom.